The van der Waals surface area contributed by atoms with Crippen molar-refractivity contribution in [2.24, 2.45) is 0 Å². The van der Waals surface area contributed by atoms with Crippen LogP contribution in [0.4, 0.5) is 18.9 Å². The van der Waals surface area contributed by atoms with E-state index in [4.69, 9.17) is 0 Å². The van der Waals surface area contributed by atoms with E-state index in [0.29, 0.717) is 0 Å². The molecule has 0 spiro atoms. The van der Waals surface area contributed by atoms with E-state index in [-0.39, 0.29) is 29.5 Å². The van der Waals surface area contributed by atoms with E-state index in [1.165, 1.54) is 24.3 Å². The molecule has 1 aromatic rings. The van der Waals surface area contributed by atoms with Gasteiger partial charge in [-0.1, -0.05) is 12.1 Å². The number of nitrogens with one attached hydrogen (secondary N) is 2. The quantitative estimate of drug-likeness (QED) is 0.877. The lowest BCUT2D eigenvalue weighted by Crippen LogP contribution is -2.39. The summed E-state index contributed by atoms with van der Waals surface area (Å²) in [5.41, 5.74) is -1.99. The monoisotopic (exact) mass is 320 g/mol. The highest BCUT2D eigenvalue weighted by atomic mass is 32.2. The van der Waals surface area contributed by atoms with Crippen LogP contribution >= 0.6 is 0 Å². The predicted molar refractivity (Wildman–Crippen MR) is 71.4 cm³/mol. The van der Waals surface area contributed by atoms with Crippen LogP contribution in [0.1, 0.15) is 25.7 Å². The first-order chi connectivity index (χ1) is 9.74. The van der Waals surface area contributed by atoms with Gasteiger partial charge in [0.15, 0.2) is 0 Å². The fourth-order valence-electron chi connectivity index (χ4n) is 2.15. The Morgan fingerprint density at radius 3 is 2.29 bits per heavy atom. The summed E-state index contributed by atoms with van der Waals surface area (Å²) >= 11 is 0. The van der Waals surface area contributed by atoms with Crippen molar-refractivity contribution < 1.29 is 21.6 Å². The summed E-state index contributed by atoms with van der Waals surface area (Å²) < 4.78 is 65.9. The van der Waals surface area contributed by atoms with Gasteiger partial charge in [-0.3, -0.25) is 0 Å². The molecule has 21 heavy (non-hydrogen) atoms. The molecule has 0 saturated heterocycles. The van der Waals surface area contributed by atoms with Crippen LogP contribution in [-0.4, -0.2) is 26.2 Å². The maximum atomic E-state index is 13.0. The number of para-hydroxylation sites is 1. The molecule has 3 rings (SSSR count). The van der Waals surface area contributed by atoms with Gasteiger partial charge < -0.3 is 5.32 Å². The Kier molecular flexibility index (Phi) is 3.21. The van der Waals surface area contributed by atoms with Crippen LogP contribution in [0.5, 0.6) is 0 Å². The molecule has 0 aliphatic heterocycles. The minimum Gasteiger partial charge on any atom is -0.370 e. The summed E-state index contributed by atoms with van der Waals surface area (Å²) in [6.45, 7) is 0. The Labute approximate surface area is 120 Å². The van der Waals surface area contributed by atoms with Gasteiger partial charge in [0.2, 0.25) is 10.0 Å². The molecule has 2 aliphatic rings. The highest BCUT2D eigenvalue weighted by Crippen LogP contribution is 2.51. The zero-order chi connectivity index (χ0) is 15.3. The lowest BCUT2D eigenvalue weighted by Gasteiger charge is -2.23. The number of rotatable bonds is 5. The second kappa shape index (κ2) is 4.61. The molecule has 0 amide bonds. The molecule has 0 atom stereocenters. The first kappa shape index (κ1) is 14.6. The largest absolute Gasteiger partial charge is 0.411 e. The summed E-state index contributed by atoms with van der Waals surface area (Å²) in [4.78, 5) is -0.132. The Bertz CT molecular complexity index is 650. The highest BCUT2D eigenvalue weighted by molar-refractivity contribution is 7.89. The Hall–Kier alpha value is -1.28. The van der Waals surface area contributed by atoms with Gasteiger partial charge in [0, 0.05) is 6.04 Å². The molecular formula is C13H15F3N2O2S. The maximum absolute atomic E-state index is 13.0. The summed E-state index contributed by atoms with van der Waals surface area (Å²) in [5, 5.41) is 2.39. The zero-order valence-corrected chi connectivity index (χ0v) is 11.9. The van der Waals surface area contributed by atoms with Crippen LogP contribution in [0, 0.1) is 0 Å². The van der Waals surface area contributed by atoms with E-state index in [1.54, 1.807) is 0 Å². The lowest BCUT2D eigenvalue weighted by atomic mass is 10.2. The third-order valence-electron chi connectivity index (χ3n) is 3.74. The second-order valence-corrected chi connectivity index (χ2v) is 7.28. The van der Waals surface area contributed by atoms with Crippen molar-refractivity contribution in [3.05, 3.63) is 24.3 Å². The van der Waals surface area contributed by atoms with Crippen molar-refractivity contribution in [2.75, 3.05) is 5.32 Å². The van der Waals surface area contributed by atoms with Crippen LogP contribution in [0.2, 0.25) is 0 Å². The molecule has 2 fully saturated rings. The van der Waals surface area contributed by atoms with Crippen LogP contribution in [0.3, 0.4) is 0 Å². The number of alkyl halides is 3. The van der Waals surface area contributed by atoms with Crippen molar-refractivity contribution in [1.82, 2.24) is 4.72 Å². The summed E-state index contributed by atoms with van der Waals surface area (Å²) in [6, 6.07) is 5.61. The third-order valence-corrected chi connectivity index (χ3v) is 5.32. The fraction of sp³-hybridized carbons (Fsp3) is 0.538. The number of anilines is 1. The number of benzene rings is 1. The topological polar surface area (TPSA) is 58.2 Å². The van der Waals surface area contributed by atoms with Crippen LogP contribution < -0.4 is 10.0 Å². The van der Waals surface area contributed by atoms with Gasteiger partial charge in [-0.05, 0) is 37.8 Å². The van der Waals surface area contributed by atoms with Gasteiger partial charge in [0.05, 0.1) is 5.69 Å². The van der Waals surface area contributed by atoms with Crippen molar-refractivity contribution in [2.45, 2.75) is 48.3 Å². The van der Waals surface area contributed by atoms with Crippen molar-refractivity contribution in [3.63, 3.8) is 0 Å². The van der Waals surface area contributed by atoms with Gasteiger partial charge in [0.1, 0.15) is 10.4 Å². The van der Waals surface area contributed by atoms with Crippen LogP contribution in [-0.2, 0) is 10.0 Å². The van der Waals surface area contributed by atoms with E-state index >= 15 is 0 Å². The third kappa shape index (κ3) is 2.87. The number of hydrogen-bond acceptors (Lipinski definition) is 3. The number of halogens is 3. The van der Waals surface area contributed by atoms with Crippen LogP contribution in [0.25, 0.3) is 0 Å². The molecule has 0 radical (unpaired) electrons. The van der Waals surface area contributed by atoms with E-state index in [2.05, 4.69) is 10.0 Å². The molecule has 0 aromatic heterocycles. The van der Waals surface area contributed by atoms with Gasteiger partial charge in [-0.2, -0.15) is 13.2 Å². The highest BCUT2D eigenvalue weighted by Gasteiger charge is 2.63. The van der Waals surface area contributed by atoms with Gasteiger partial charge in [-0.25, -0.2) is 13.1 Å². The van der Waals surface area contributed by atoms with Crippen LogP contribution in [0.15, 0.2) is 29.2 Å². The van der Waals surface area contributed by atoms with Crippen molar-refractivity contribution >= 4 is 15.7 Å². The normalized spacial score (nSPS) is 21.1. The molecule has 116 valence electrons. The molecule has 2 saturated carbocycles. The standard InChI is InChI=1S/C13H15F3N2O2S/c14-13(15,16)12(7-8-12)17-10-3-1-2-4-11(10)21(19,20)18-9-5-6-9/h1-4,9,17-18H,5-8H2. The Morgan fingerprint density at radius 1 is 1.14 bits per heavy atom. The van der Waals surface area contributed by atoms with Gasteiger partial charge >= 0.3 is 6.18 Å². The summed E-state index contributed by atoms with van der Waals surface area (Å²) in [6.07, 6.45) is -2.95. The minimum atomic E-state index is -4.40. The number of sulfonamides is 1. The van der Waals surface area contributed by atoms with Gasteiger partial charge in [0.25, 0.3) is 0 Å². The first-order valence-electron chi connectivity index (χ1n) is 6.70. The molecule has 0 unspecified atom stereocenters. The summed E-state index contributed by atoms with van der Waals surface area (Å²) in [5.74, 6) is 0. The molecule has 2 aliphatic carbocycles. The maximum Gasteiger partial charge on any atom is 0.411 e. The van der Waals surface area contributed by atoms with E-state index in [9.17, 15) is 21.6 Å². The average molecular weight is 320 g/mol. The lowest BCUT2D eigenvalue weighted by molar-refractivity contribution is -0.151. The molecule has 2 N–H and O–H groups in total. The minimum absolute atomic E-state index is 0.000440. The zero-order valence-electron chi connectivity index (χ0n) is 11.1. The van der Waals surface area contributed by atoms with Gasteiger partial charge in [-0.15, -0.1) is 0 Å². The molecular weight excluding hydrogens is 305 g/mol. The van der Waals surface area contributed by atoms with Crippen molar-refractivity contribution in [3.8, 4) is 0 Å². The summed E-state index contributed by atoms with van der Waals surface area (Å²) in [7, 11) is -3.80. The van der Waals surface area contributed by atoms with E-state index in [1.807, 2.05) is 0 Å². The first-order valence-corrected chi connectivity index (χ1v) is 8.18. The average Bonchev–Trinajstić information content (AvgIpc) is 3.25. The Morgan fingerprint density at radius 2 is 1.76 bits per heavy atom. The number of hydrogen-bond donors (Lipinski definition) is 2. The van der Waals surface area contributed by atoms with Crippen molar-refractivity contribution in [1.29, 1.82) is 0 Å². The second-order valence-electron chi connectivity index (χ2n) is 5.60. The molecule has 4 nitrogen and oxygen atoms in total. The van der Waals surface area contributed by atoms with E-state index < -0.39 is 21.7 Å². The molecule has 0 heterocycles. The predicted octanol–water partition coefficient (Wildman–Crippen LogP) is 2.63. The van der Waals surface area contributed by atoms with E-state index in [0.717, 1.165) is 12.8 Å². The SMILES string of the molecule is O=S(=O)(NC1CC1)c1ccccc1NC1(C(F)(F)F)CC1. The molecule has 1 aromatic carbocycles. The fourth-order valence-corrected chi connectivity index (χ4v) is 3.62. The molecule has 8 heteroatoms. The molecule has 0 bridgehead atoms. The Balaban J connectivity index is 1.90. The smallest absolute Gasteiger partial charge is 0.370 e.